The van der Waals surface area contributed by atoms with Crippen LogP contribution in [-0.2, 0) is 16.0 Å². The summed E-state index contributed by atoms with van der Waals surface area (Å²) in [6.07, 6.45) is 0. The lowest BCUT2D eigenvalue weighted by atomic mass is 10.2. The topological polar surface area (TPSA) is 43.4 Å². The quantitative estimate of drug-likeness (QED) is 0.799. The molecule has 14 heavy (non-hydrogen) atoms. The number of hydrogen-bond acceptors (Lipinski definition) is 3. The van der Waals surface area contributed by atoms with Crippen LogP contribution < -0.4 is 4.74 Å². The number of hydrogen-bond donors (Lipinski definition) is 0. The van der Waals surface area contributed by atoms with E-state index in [2.05, 4.69) is 15.9 Å². The Morgan fingerprint density at radius 1 is 1.50 bits per heavy atom. The van der Waals surface area contributed by atoms with Gasteiger partial charge in [-0.1, -0.05) is 15.9 Å². The average Bonchev–Trinajstić information content (AvgIpc) is 2.01. The third-order valence-corrected chi connectivity index (χ3v) is 2.72. The predicted molar refractivity (Wildman–Crippen MR) is 54.4 cm³/mol. The van der Waals surface area contributed by atoms with Crippen LogP contribution in [0.1, 0.15) is 5.56 Å². The summed E-state index contributed by atoms with van der Waals surface area (Å²) >= 11 is 3.16. The van der Waals surface area contributed by atoms with Crippen LogP contribution >= 0.6 is 15.9 Å². The van der Waals surface area contributed by atoms with Gasteiger partial charge in [0.2, 0.25) is 0 Å². The van der Waals surface area contributed by atoms with Gasteiger partial charge in [0.25, 0.3) is 0 Å². The number of rotatable bonds is 3. The number of ether oxygens (including phenoxy) is 1. The highest BCUT2D eigenvalue weighted by atomic mass is 79.9. The van der Waals surface area contributed by atoms with E-state index in [4.69, 9.17) is 4.74 Å². The predicted octanol–water partition coefficient (Wildman–Crippen LogP) is 2.26. The molecule has 0 saturated carbocycles. The van der Waals surface area contributed by atoms with Gasteiger partial charge in [-0.3, -0.25) is 0 Å². The lowest BCUT2D eigenvalue weighted by Gasteiger charge is -2.06. The van der Waals surface area contributed by atoms with Crippen molar-refractivity contribution in [1.82, 2.24) is 0 Å². The summed E-state index contributed by atoms with van der Waals surface area (Å²) in [6, 6.07) is 4.77. The van der Waals surface area contributed by atoms with E-state index in [1.54, 1.807) is 12.1 Å². The van der Waals surface area contributed by atoms with Crippen molar-refractivity contribution in [2.75, 3.05) is 7.11 Å². The van der Waals surface area contributed by atoms with Crippen LogP contribution in [0.25, 0.3) is 0 Å². The molecule has 0 fully saturated rings. The molecule has 0 aliphatic rings. The van der Waals surface area contributed by atoms with Gasteiger partial charge in [-0.05, 0) is 18.2 Å². The lowest BCUT2D eigenvalue weighted by Crippen LogP contribution is -1.99. The van der Waals surface area contributed by atoms with E-state index >= 15 is 0 Å². The Balaban J connectivity index is 3.11. The minimum atomic E-state index is -4.53. The van der Waals surface area contributed by atoms with Gasteiger partial charge in [0.15, 0.2) is 0 Å². The maximum absolute atomic E-state index is 12.4. The van der Waals surface area contributed by atoms with Crippen LogP contribution in [0, 0.1) is 0 Å². The molecule has 0 aromatic heterocycles. The van der Waals surface area contributed by atoms with E-state index in [9.17, 15) is 12.3 Å². The molecule has 1 aromatic carbocycles. The summed E-state index contributed by atoms with van der Waals surface area (Å²) in [7, 11) is -3.13. The number of benzene rings is 1. The molecule has 0 bridgehead atoms. The first-order valence-corrected chi connectivity index (χ1v) is 6.01. The maximum Gasteiger partial charge on any atom is 0.306 e. The average molecular weight is 283 g/mol. The molecule has 0 saturated heterocycles. The Hall–Kier alpha value is -0.620. The zero-order chi connectivity index (χ0) is 10.8. The Morgan fingerprint density at radius 3 is 2.64 bits per heavy atom. The van der Waals surface area contributed by atoms with Crippen molar-refractivity contribution < 1.29 is 17.0 Å². The van der Waals surface area contributed by atoms with E-state index in [0.29, 0.717) is 15.8 Å². The number of methoxy groups -OCH3 is 1. The first-order chi connectivity index (χ1) is 6.42. The molecular weight excluding hydrogens is 275 g/mol. The van der Waals surface area contributed by atoms with Crippen LogP contribution in [0.4, 0.5) is 3.89 Å². The summed E-state index contributed by atoms with van der Waals surface area (Å²) in [4.78, 5) is 0. The summed E-state index contributed by atoms with van der Waals surface area (Å²) in [5.41, 5.74) is 0.296. The normalized spacial score (nSPS) is 11.4. The smallest absolute Gasteiger partial charge is 0.306 e. The fraction of sp³-hybridized carbons (Fsp3) is 0.250. The molecule has 0 spiro atoms. The largest absolute Gasteiger partial charge is 0.496 e. The second-order valence-corrected chi connectivity index (χ2v) is 4.92. The van der Waals surface area contributed by atoms with Gasteiger partial charge in [-0.25, -0.2) is 0 Å². The minimum absolute atomic E-state index is 0.296. The summed E-state index contributed by atoms with van der Waals surface area (Å²) in [6.45, 7) is 0. The van der Waals surface area contributed by atoms with Gasteiger partial charge in [0, 0.05) is 10.0 Å². The van der Waals surface area contributed by atoms with Crippen LogP contribution in [0.15, 0.2) is 22.7 Å². The first-order valence-electron chi connectivity index (χ1n) is 3.67. The summed E-state index contributed by atoms with van der Waals surface area (Å²) in [5.74, 6) is -0.315. The van der Waals surface area contributed by atoms with Gasteiger partial charge in [-0.2, -0.15) is 8.42 Å². The van der Waals surface area contributed by atoms with Gasteiger partial charge in [0.05, 0.1) is 7.11 Å². The summed E-state index contributed by atoms with van der Waals surface area (Å²) in [5, 5.41) is 0. The highest BCUT2D eigenvalue weighted by molar-refractivity contribution is 9.10. The van der Waals surface area contributed by atoms with Gasteiger partial charge in [-0.15, -0.1) is 3.89 Å². The van der Waals surface area contributed by atoms with Crippen molar-refractivity contribution >= 4 is 26.2 Å². The number of halogens is 2. The van der Waals surface area contributed by atoms with Gasteiger partial charge < -0.3 is 4.74 Å². The maximum atomic E-state index is 12.4. The third-order valence-electron chi connectivity index (χ3n) is 1.57. The molecule has 6 heteroatoms. The van der Waals surface area contributed by atoms with Crippen molar-refractivity contribution in [2.45, 2.75) is 5.75 Å². The monoisotopic (exact) mass is 282 g/mol. The second-order valence-electron chi connectivity index (χ2n) is 2.64. The fourth-order valence-corrected chi connectivity index (χ4v) is 2.05. The Labute approximate surface area is 90.2 Å². The third kappa shape index (κ3) is 3.26. The molecule has 1 rings (SSSR count). The zero-order valence-electron chi connectivity index (χ0n) is 7.33. The Kier molecular flexibility index (Phi) is 3.49. The minimum Gasteiger partial charge on any atom is -0.496 e. The van der Waals surface area contributed by atoms with Crippen molar-refractivity contribution in [2.24, 2.45) is 0 Å². The van der Waals surface area contributed by atoms with Crippen LogP contribution in [-0.4, -0.2) is 15.5 Å². The fourth-order valence-electron chi connectivity index (χ4n) is 1.05. The van der Waals surface area contributed by atoms with Crippen LogP contribution in [0.2, 0.25) is 0 Å². The zero-order valence-corrected chi connectivity index (χ0v) is 9.73. The molecule has 0 unspecified atom stereocenters. The van der Waals surface area contributed by atoms with E-state index < -0.39 is 16.0 Å². The second kappa shape index (κ2) is 4.27. The van der Waals surface area contributed by atoms with Crippen molar-refractivity contribution in [3.63, 3.8) is 0 Å². The molecule has 0 heterocycles. The SMILES string of the molecule is COc1ccc(Br)cc1CS(=O)(=O)F. The van der Waals surface area contributed by atoms with Gasteiger partial charge in [0.1, 0.15) is 11.5 Å². The molecule has 0 aliphatic carbocycles. The van der Waals surface area contributed by atoms with Crippen LogP contribution in [0.5, 0.6) is 5.75 Å². The lowest BCUT2D eigenvalue weighted by molar-refractivity contribution is 0.410. The highest BCUT2D eigenvalue weighted by Gasteiger charge is 2.13. The highest BCUT2D eigenvalue weighted by Crippen LogP contribution is 2.25. The Bertz CT molecular complexity index is 430. The van der Waals surface area contributed by atoms with E-state index in [-0.39, 0.29) is 0 Å². The van der Waals surface area contributed by atoms with E-state index in [1.165, 1.54) is 13.2 Å². The van der Waals surface area contributed by atoms with Crippen molar-refractivity contribution in [3.8, 4) is 5.75 Å². The molecule has 78 valence electrons. The summed E-state index contributed by atoms with van der Waals surface area (Å²) < 4.78 is 38.9. The van der Waals surface area contributed by atoms with E-state index in [1.807, 2.05) is 0 Å². The van der Waals surface area contributed by atoms with Crippen molar-refractivity contribution in [3.05, 3.63) is 28.2 Å². The first kappa shape index (κ1) is 11.5. The molecule has 0 atom stereocenters. The molecule has 0 radical (unpaired) electrons. The standard InChI is InChI=1S/C8H8BrFO3S/c1-13-8-3-2-7(9)4-6(8)5-14(10,11)12/h2-4H,5H2,1H3. The molecule has 1 aromatic rings. The molecule has 0 amide bonds. The van der Waals surface area contributed by atoms with Crippen LogP contribution in [0.3, 0.4) is 0 Å². The Morgan fingerprint density at radius 2 is 2.14 bits per heavy atom. The van der Waals surface area contributed by atoms with Gasteiger partial charge >= 0.3 is 10.2 Å². The molecule has 0 aliphatic heterocycles. The molecular formula is C8H8BrFO3S. The van der Waals surface area contributed by atoms with E-state index in [0.717, 1.165) is 0 Å². The molecule has 0 N–H and O–H groups in total. The molecule has 3 nitrogen and oxygen atoms in total. The van der Waals surface area contributed by atoms with Crippen molar-refractivity contribution in [1.29, 1.82) is 0 Å².